The van der Waals surface area contributed by atoms with E-state index >= 15 is 0 Å². The van der Waals surface area contributed by atoms with Gasteiger partial charge < -0.3 is 14.8 Å². The maximum Gasteiger partial charge on any atom is 0.175 e. The summed E-state index contributed by atoms with van der Waals surface area (Å²) in [6.07, 6.45) is 0.372. The minimum absolute atomic E-state index is 0.318. The van der Waals surface area contributed by atoms with Gasteiger partial charge in [-0.2, -0.15) is 0 Å². The second-order valence-electron chi connectivity index (χ2n) is 5.45. The molecule has 10 heteroatoms. The molecule has 1 heterocycles. The summed E-state index contributed by atoms with van der Waals surface area (Å²) < 4.78 is 10.5. The molecule has 3 nitrogen and oxygen atoms in total. The van der Waals surface area contributed by atoms with Crippen molar-refractivity contribution in [2.45, 2.75) is 35.4 Å². The second-order valence-corrected chi connectivity index (χ2v) is 5.45. The molecule has 1 atom stereocenters. The lowest BCUT2D eigenvalue weighted by Gasteiger charge is -2.48. The number of fused-ring (bicyclic) bond motifs is 1. The predicted molar refractivity (Wildman–Crippen MR) is 92.3 cm³/mol. The van der Waals surface area contributed by atoms with E-state index in [0.29, 0.717) is 23.5 Å². The van der Waals surface area contributed by atoms with Gasteiger partial charge in [0, 0.05) is 0 Å². The highest BCUT2D eigenvalue weighted by atomic mass is 16.7. The summed E-state index contributed by atoms with van der Waals surface area (Å²) in [4.78, 5) is 0. The zero-order valence-electron chi connectivity index (χ0n) is 12.4. The van der Waals surface area contributed by atoms with E-state index in [4.69, 9.17) is 64.4 Å². The Morgan fingerprint density at radius 3 is 2.27 bits per heavy atom. The molecule has 0 amide bonds. The number of rotatable bonds is 5. The SMILES string of the molecule is [B]C([B])NC([B])(CC)C([B])([B])c1ccc2c(c1)OC([B])([B])O2. The van der Waals surface area contributed by atoms with Crippen molar-refractivity contribution in [1.82, 2.24) is 5.32 Å². The molecular formula is C12H10B7NO2. The first-order valence-corrected chi connectivity index (χ1v) is 6.76. The molecular weight excluding hydrogens is 266 g/mol. The fraction of sp³-hybridized carbons (Fsp3) is 0.500. The fourth-order valence-electron chi connectivity index (χ4n) is 2.36. The Morgan fingerprint density at radius 1 is 1.14 bits per heavy atom. The molecule has 1 aliphatic rings. The van der Waals surface area contributed by atoms with Crippen molar-refractivity contribution >= 4 is 54.9 Å². The van der Waals surface area contributed by atoms with Crippen LogP contribution in [0.15, 0.2) is 18.2 Å². The third-order valence-corrected chi connectivity index (χ3v) is 3.68. The van der Waals surface area contributed by atoms with Gasteiger partial charge in [-0.3, -0.25) is 0 Å². The molecule has 22 heavy (non-hydrogen) atoms. The van der Waals surface area contributed by atoms with E-state index < -0.39 is 22.1 Å². The average Bonchev–Trinajstić information content (AvgIpc) is 2.70. The Morgan fingerprint density at radius 2 is 1.73 bits per heavy atom. The van der Waals surface area contributed by atoms with Gasteiger partial charge in [-0.05, 0) is 24.0 Å². The van der Waals surface area contributed by atoms with Gasteiger partial charge in [0.25, 0.3) is 0 Å². The third-order valence-electron chi connectivity index (χ3n) is 3.68. The van der Waals surface area contributed by atoms with Crippen LogP contribution in [0.2, 0.25) is 0 Å². The number of benzene rings is 1. The van der Waals surface area contributed by atoms with E-state index in [-0.39, 0.29) is 0 Å². The van der Waals surface area contributed by atoms with E-state index in [1.54, 1.807) is 18.2 Å². The van der Waals surface area contributed by atoms with Crippen molar-refractivity contribution in [1.29, 1.82) is 0 Å². The number of ether oxygens (including phenoxy) is 2. The molecule has 96 valence electrons. The molecule has 0 fully saturated rings. The van der Waals surface area contributed by atoms with Gasteiger partial charge in [0.05, 0.1) is 39.2 Å². The Balaban J connectivity index is 2.38. The zero-order chi connectivity index (χ0) is 16.8. The van der Waals surface area contributed by atoms with Crippen LogP contribution in [0.1, 0.15) is 18.9 Å². The molecule has 1 aliphatic heterocycles. The number of nitrogens with one attached hydrogen (secondary N) is 1. The van der Waals surface area contributed by atoms with E-state index in [0.717, 1.165) is 0 Å². The summed E-state index contributed by atoms with van der Waals surface area (Å²) in [6.45, 7) is 1.81. The molecule has 0 aromatic heterocycles. The molecule has 0 bridgehead atoms. The topological polar surface area (TPSA) is 30.5 Å². The van der Waals surface area contributed by atoms with Crippen LogP contribution in [0.3, 0.4) is 0 Å². The van der Waals surface area contributed by atoms with Crippen molar-refractivity contribution in [3.8, 4) is 11.5 Å². The first kappa shape index (κ1) is 17.6. The summed E-state index contributed by atoms with van der Waals surface area (Å²) in [5.41, 5.74) is -2.50. The van der Waals surface area contributed by atoms with E-state index in [1.807, 2.05) is 6.92 Å². The highest BCUT2D eigenvalue weighted by molar-refractivity contribution is 6.46. The summed E-state index contributed by atoms with van der Waals surface area (Å²) in [7, 11) is 41.0. The standard InChI is InChI=1S/C12H10B7NO2/c1-2-10(15,20-9(13)14)11(16,17)6-3-4-7-8(5-6)22-12(18,19)21-7/h3-5,9,20H,2H2,1H3. The van der Waals surface area contributed by atoms with E-state index in [1.165, 1.54) is 0 Å². The van der Waals surface area contributed by atoms with Crippen LogP contribution in [0.5, 0.6) is 11.5 Å². The smallest absolute Gasteiger partial charge is 0.175 e. The lowest BCUT2D eigenvalue weighted by molar-refractivity contribution is 0.0833. The highest BCUT2D eigenvalue weighted by Gasteiger charge is 2.40. The van der Waals surface area contributed by atoms with Gasteiger partial charge in [-0.25, -0.2) is 0 Å². The third kappa shape index (κ3) is 3.13. The van der Waals surface area contributed by atoms with Crippen LogP contribution >= 0.6 is 0 Å². The summed E-state index contributed by atoms with van der Waals surface area (Å²) >= 11 is 0. The van der Waals surface area contributed by atoms with Crippen molar-refractivity contribution in [2.75, 3.05) is 0 Å². The van der Waals surface area contributed by atoms with E-state index in [9.17, 15) is 0 Å². The summed E-state index contributed by atoms with van der Waals surface area (Å²) in [5, 5.41) is 1.30. The second kappa shape index (κ2) is 5.70. The van der Waals surface area contributed by atoms with Crippen LogP contribution < -0.4 is 14.8 Å². The lowest BCUT2D eigenvalue weighted by Crippen LogP contribution is -2.65. The molecule has 1 unspecified atom stereocenters. The summed E-state index contributed by atoms with van der Waals surface area (Å²) in [5.74, 6) is -0.184. The molecule has 1 aromatic carbocycles. The van der Waals surface area contributed by atoms with Crippen molar-refractivity contribution in [3.63, 3.8) is 0 Å². The minimum atomic E-state index is -1.73. The van der Waals surface area contributed by atoms with Crippen molar-refractivity contribution in [2.24, 2.45) is 0 Å². The maximum absolute atomic E-state index is 6.26. The average molecular weight is 276 g/mol. The van der Waals surface area contributed by atoms with Gasteiger partial charge in [0.2, 0.25) is 0 Å². The number of hydrogen-bond donors (Lipinski definition) is 1. The minimum Gasteiger partial charge on any atom is -0.468 e. The normalized spacial score (nSPS) is 19.0. The van der Waals surface area contributed by atoms with Crippen molar-refractivity contribution in [3.05, 3.63) is 23.8 Å². The summed E-state index contributed by atoms with van der Waals surface area (Å²) in [6, 6.07) is 4.81. The van der Waals surface area contributed by atoms with Crippen LogP contribution in [0.25, 0.3) is 0 Å². The van der Waals surface area contributed by atoms with E-state index in [2.05, 4.69) is 5.32 Å². The van der Waals surface area contributed by atoms with Crippen LogP contribution in [0.4, 0.5) is 0 Å². The first-order valence-electron chi connectivity index (χ1n) is 6.76. The Bertz CT molecular complexity index is 566. The van der Waals surface area contributed by atoms with Gasteiger partial charge >= 0.3 is 0 Å². The molecule has 2 rings (SSSR count). The van der Waals surface area contributed by atoms with Crippen LogP contribution in [-0.4, -0.2) is 71.8 Å². The quantitative estimate of drug-likeness (QED) is 0.656. The Labute approximate surface area is 140 Å². The maximum atomic E-state index is 6.26. The molecule has 0 saturated carbocycles. The largest absolute Gasteiger partial charge is 0.468 e. The highest BCUT2D eigenvalue weighted by Crippen LogP contribution is 2.41. The first-order chi connectivity index (χ1) is 10.0. The predicted octanol–water partition coefficient (Wildman–Crippen LogP) is -1.62. The molecule has 0 aliphatic carbocycles. The van der Waals surface area contributed by atoms with Gasteiger partial charge in [0.15, 0.2) is 32.8 Å². The molecule has 0 saturated heterocycles. The zero-order valence-corrected chi connectivity index (χ0v) is 12.4. The molecule has 14 radical (unpaired) electrons. The lowest BCUT2D eigenvalue weighted by atomic mass is 9.36. The van der Waals surface area contributed by atoms with Crippen LogP contribution in [-0.2, 0) is 5.21 Å². The Hall–Kier alpha value is -0.765. The van der Waals surface area contributed by atoms with Gasteiger partial charge in [-0.1, -0.05) is 29.6 Å². The fourth-order valence-corrected chi connectivity index (χ4v) is 2.36. The van der Waals surface area contributed by atoms with Gasteiger partial charge in [-0.15, -0.1) is 0 Å². The van der Waals surface area contributed by atoms with Crippen LogP contribution in [0, 0.1) is 0 Å². The molecule has 1 N–H and O–H groups in total. The monoisotopic (exact) mass is 277 g/mol. The molecule has 0 spiro atoms. The number of hydrogen-bond acceptors (Lipinski definition) is 3. The Kier molecular flexibility index (Phi) is 4.56. The van der Waals surface area contributed by atoms with Gasteiger partial charge in [0.1, 0.15) is 0 Å². The van der Waals surface area contributed by atoms with Crippen molar-refractivity contribution < 1.29 is 9.47 Å². The molecule has 1 aromatic rings.